The summed E-state index contributed by atoms with van der Waals surface area (Å²) in [4.78, 5) is 11.5. The van der Waals surface area contributed by atoms with Crippen LogP contribution in [0.5, 0.6) is 0 Å². The molecule has 21 heavy (non-hydrogen) atoms. The van der Waals surface area contributed by atoms with Gasteiger partial charge in [0.1, 0.15) is 0 Å². The number of carbonyl (C=O) groups is 1. The molecule has 0 atom stereocenters. The molecule has 0 radical (unpaired) electrons. The van der Waals surface area contributed by atoms with Crippen molar-refractivity contribution in [1.29, 1.82) is 0 Å². The molecule has 0 fully saturated rings. The van der Waals surface area contributed by atoms with E-state index in [-0.39, 0.29) is 12.7 Å². The van der Waals surface area contributed by atoms with Gasteiger partial charge in [0.05, 0.1) is 23.3 Å². The number of hydrogen-bond donors (Lipinski definition) is 1. The van der Waals surface area contributed by atoms with E-state index >= 15 is 0 Å². The van der Waals surface area contributed by atoms with Crippen LogP contribution in [0.2, 0.25) is 0 Å². The lowest BCUT2D eigenvalue weighted by Crippen LogP contribution is -2.15. The van der Waals surface area contributed by atoms with Crippen molar-refractivity contribution in [3.63, 3.8) is 0 Å². The van der Waals surface area contributed by atoms with Crippen LogP contribution in [0.1, 0.15) is 27.9 Å². The van der Waals surface area contributed by atoms with Crippen molar-refractivity contribution in [3.05, 3.63) is 34.9 Å². The lowest BCUT2D eigenvalue weighted by atomic mass is 10.0. The maximum atomic E-state index is 12.6. The fraction of sp³-hybridized carbons (Fsp3) is 0.417. The molecule has 0 amide bonds. The quantitative estimate of drug-likeness (QED) is 0.387. The number of carbonyl (C=O) groups excluding carboxylic acids is 1. The largest absolute Gasteiger partial charge is 0.462 e. The smallest absolute Gasteiger partial charge is 0.416 e. The van der Waals surface area contributed by atoms with Gasteiger partial charge in [-0.3, -0.25) is 0 Å². The molecule has 9 heteroatoms. The Hall–Kier alpha value is -1.38. The monoisotopic (exact) mass is 332 g/mol. The molecule has 2 nitrogen and oxygen atoms in total. The van der Waals surface area contributed by atoms with E-state index in [2.05, 4.69) is 17.4 Å². The van der Waals surface area contributed by atoms with Crippen molar-refractivity contribution in [2.45, 2.75) is 18.8 Å². The minimum Gasteiger partial charge on any atom is -0.462 e. The number of alkyl halides is 6. The van der Waals surface area contributed by atoms with Crippen molar-refractivity contribution < 1.29 is 35.9 Å². The summed E-state index contributed by atoms with van der Waals surface area (Å²) in [6.45, 7) is -0.139. The minimum atomic E-state index is -5.00. The third kappa shape index (κ3) is 5.14. The van der Waals surface area contributed by atoms with E-state index in [1.165, 1.54) is 0 Å². The fourth-order valence-electron chi connectivity index (χ4n) is 1.39. The average Bonchev–Trinajstić information content (AvgIpc) is 2.36. The van der Waals surface area contributed by atoms with Crippen LogP contribution < -0.4 is 0 Å². The van der Waals surface area contributed by atoms with Crippen LogP contribution >= 0.6 is 12.6 Å². The number of ether oxygens (including phenoxy) is 1. The molecule has 0 unspecified atom stereocenters. The number of hydrogen-bond acceptors (Lipinski definition) is 3. The minimum absolute atomic E-state index is 0.0511. The number of benzene rings is 1. The first-order valence-corrected chi connectivity index (χ1v) is 6.26. The lowest BCUT2D eigenvalue weighted by molar-refractivity contribution is -0.143. The van der Waals surface area contributed by atoms with Crippen molar-refractivity contribution >= 4 is 18.6 Å². The molecule has 0 aliphatic heterocycles. The Morgan fingerprint density at radius 1 is 1.00 bits per heavy atom. The molecule has 0 bridgehead atoms. The van der Waals surface area contributed by atoms with E-state index < -0.39 is 35.0 Å². The van der Waals surface area contributed by atoms with Crippen molar-refractivity contribution in [1.82, 2.24) is 0 Å². The standard InChI is InChI=1S/C12H10F6O2S/c13-11(14,15)8-4-7(10(19)20-2-1-3-21)5-9(6-8)12(16,17)18/h4-6,21H,1-3H2. The summed E-state index contributed by atoms with van der Waals surface area (Å²) in [5.41, 5.74) is -3.91. The van der Waals surface area contributed by atoms with Gasteiger partial charge in [0, 0.05) is 0 Å². The molecule has 1 aromatic carbocycles. The van der Waals surface area contributed by atoms with E-state index in [9.17, 15) is 31.1 Å². The van der Waals surface area contributed by atoms with Crippen LogP contribution in [0.4, 0.5) is 26.3 Å². The summed E-state index contributed by atoms with van der Waals surface area (Å²) in [7, 11) is 0. The van der Waals surface area contributed by atoms with Gasteiger partial charge in [0.15, 0.2) is 0 Å². The first kappa shape index (κ1) is 17.7. The SMILES string of the molecule is O=C(OCCCS)c1cc(C(F)(F)F)cc(C(F)(F)F)c1. The Morgan fingerprint density at radius 2 is 1.48 bits per heavy atom. The van der Waals surface area contributed by atoms with E-state index in [0.29, 0.717) is 24.3 Å². The van der Waals surface area contributed by atoms with Gasteiger partial charge in [-0.15, -0.1) is 0 Å². The molecule has 0 spiro atoms. The predicted molar refractivity (Wildman–Crippen MR) is 65.2 cm³/mol. The van der Waals surface area contributed by atoms with E-state index in [1.54, 1.807) is 0 Å². The molecule has 0 aliphatic carbocycles. The Balaban J connectivity index is 3.17. The summed E-state index contributed by atoms with van der Waals surface area (Å²) in [5.74, 6) is -0.877. The van der Waals surface area contributed by atoms with Crippen molar-refractivity contribution in [3.8, 4) is 0 Å². The van der Waals surface area contributed by atoms with Gasteiger partial charge in [-0.05, 0) is 30.4 Å². The van der Waals surface area contributed by atoms with Crippen LogP contribution in [0, 0.1) is 0 Å². The highest BCUT2D eigenvalue weighted by Gasteiger charge is 2.37. The zero-order valence-electron chi connectivity index (χ0n) is 10.4. The maximum Gasteiger partial charge on any atom is 0.416 e. The van der Waals surface area contributed by atoms with Crippen LogP contribution in [0.3, 0.4) is 0 Å². The van der Waals surface area contributed by atoms with Gasteiger partial charge >= 0.3 is 18.3 Å². The van der Waals surface area contributed by atoms with Crippen LogP contribution in [-0.4, -0.2) is 18.3 Å². The molecule has 0 N–H and O–H groups in total. The zero-order chi connectivity index (χ0) is 16.3. The van der Waals surface area contributed by atoms with Gasteiger partial charge in [-0.25, -0.2) is 4.79 Å². The van der Waals surface area contributed by atoms with E-state index in [4.69, 9.17) is 0 Å². The molecular formula is C12H10F6O2S. The summed E-state index contributed by atoms with van der Waals surface area (Å²) >= 11 is 3.83. The normalized spacial score (nSPS) is 12.3. The Kier molecular flexibility index (Phi) is 5.54. The average molecular weight is 332 g/mol. The second-order valence-electron chi connectivity index (χ2n) is 4.01. The second-order valence-corrected chi connectivity index (χ2v) is 4.45. The van der Waals surface area contributed by atoms with Crippen LogP contribution in [0.15, 0.2) is 18.2 Å². The number of rotatable bonds is 4. The van der Waals surface area contributed by atoms with Gasteiger partial charge in [0.25, 0.3) is 0 Å². The number of thiol groups is 1. The molecule has 0 saturated heterocycles. The predicted octanol–water partition coefficient (Wildman–Crippen LogP) is 4.20. The Labute approximate surface area is 121 Å². The second kappa shape index (κ2) is 6.59. The molecule has 1 rings (SSSR count). The highest BCUT2D eigenvalue weighted by molar-refractivity contribution is 7.80. The molecule has 0 saturated carbocycles. The third-order valence-corrected chi connectivity index (χ3v) is 2.68. The molecule has 0 aliphatic rings. The van der Waals surface area contributed by atoms with E-state index in [0.717, 1.165) is 0 Å². The third-order valence-electron chi connectivity index (χ3n) is 2.36. The molecule has 0 heterocycles. The zero-order valence-corrected chi connectivity index (χ0v) is 11.3. The summed E-state index contributed by atoms with van der Waals surface area (Å²) in [6.07, 6.45) is -9.66. The van der Waals surface area contributed by atoms with Crippen LogP contribution in [0.25, 0.3) is 0 Å². The highest BCUT2D eigenvalue weighted by atomic mass is 32.1. The topological polar surface area (TPSA) is 26.3 Å². The van der Waals surface area contributed by atoms with Crippen molar-refractivity contribution in [2.75, 3.05) is 12.4 Å². The van der Waals surface area contributed by atoms with Crippen molar-refractivity contribution in [2.24, 2.45) is 0 Å². The summed E-state index contributed by atoms with van der Waals surface area (Å²) in [6, 6.07) is 0.612. The molecule has 1 aromatic rings. The first-order chi connectivity index (χ1) is 9.55. The molecule has 118 valence electrons. The van der Waals surface area contributed by atoms with Crippen LogP contribution in [-0.2, 0) is 17.1 Å². The van der Waals surface area contributed by atoms with Gasteiger partial charge in [-0.1, -0.05) is 0 Å². The lowest BCUT2D eigenvalue weighted by Gasteiger charge is -2.13. The van der Waals surface area contributed by atoms with Gasteiger partial charge in [-0.2, -0.15) is 39.0 Å². The first-order valence-electron chi connectivity index (χ1n) is 5.63. The maximum absolute atomic E-state index is 12.6. The Bertz CT molecular complexity index is 477. The summed E-state index contributed by atoms with van der Waals surface area (Å²) in [5, 5.41) is 0. The number of halogens is 6. The summed E-state index contributed by atoms with van der Waals surface area (Å²) < 4.78 is 80.0. The molecular weight excluding hydrogens is 322 g/mol. The number of esters is 1. The molecule has 0 aromatic heterocycles. The van der Waals surface area contributed by atoms with Gasteiger partial charge in [0.2, 0.25) is 0 Å². The van der Waals surface area contributed by atoms with E-state index in [1.807, 2.05) is 0 Å². The van der Waals surface area contributed by atoms with Gasteiger partial charge < -0.3 is 4.74 Å². The fourth-order valence-corrected chi connectivity index (χ4v) is 1.51. The Morgan fingerprint density at radius 3 is 1.86 bits per heavy atom. The highest BCUT2D eigenvalue weighted by Crippen LogP contribution is 2.36.